The Morgan fingerprint density at radius 1 is 1.20 bits per heavy atom. The third-order valence-electron chi connectivity index (χ3n) is 5.35. The number of carbonyl (C=O) groups excluding carboxylic acids is 1. The number of carbonyl (C=O) groups is 1. The first kappa shape index (κ1) is 16.3. The number of amides is 1. The van der Waals surface area contributed by atoms with Crippen LogP contribution in [0.15, 0.2) is 0 Å². The number of fused-ring (bicyclic) bond motifs is 1. The summed E-state index contributed by atoms with van der Waals surface area (Å²) in [6.07, 6.45) is 11.5. The molecule has 0 aromatic heterocycles. The van der Waals surface area contributed by atoms with Gasteiger partial charge in [-0.1, -0.05) is 48.5 Å². The summed E-state index contributed by atoms with van der Waals surface area (Å²) in [4.78, 5) is 12.3. The summed E-state index contributed by atoms with van der Waals surface area (Å²) < 4.78 is 0. The number of hydrogen-bond donors (Lipinski definition) is 1. The number of halogens is 1. The van der Waals surface area contributed by atoms with Crippen molar-refractivity contribution in [1.82, 2.24) is 5.32 Å². The summed E-state index contributed by atoms with van der Waals surface area (Å²) in [5.74, 6) is 3.14. The Kier molecular flexibility index (Phi) is 6.86. The molecule has 2 rings (SSSR count). The topological polar surface area (TPSA) is 29.1 Å². The second kappa shape index (κ2) is 8.41. The molecule has 2 fully saturated rings. The summed E-state index contributed by atoms with van der Waals surface area (Å²) in [7, 11) is 0. The normalized spacial score (nSPS) is 31.4. The van der Waals surface area contributed by atoms with E-state index in [1.165, 1.54) is 38.5 Å². The summed E-state index contributed by atoms with van der Waals surface area (Å²) in [5.41, 5.74) is 0. The third-order valence-corrected chi connectivity index (χ3v) is 6.45. The minimum atomic E-state index is 0.308. The van der Waals surface area contributed by atoms with Crippen LogP contribution >= 0.6 is 15.9 Å². The highest BCUT2D eigenvalue weighted by molar-refractivity contribution is 9.09. The van der Waals surface area contributed by atoms with E-state index in [-0.39, 0.29) is 0 Å². The van der Waals surface area contributed by atoms with E-state index in [0.717, 1.165) is 43.0 Å². The molecule has 1 N–H and O–H groups in total. The minimum Gasteiger partial charge on any atom is -0.356 e. The van der Waals surface area contributed by atoms with E-state index in [9.17, 15) is 4.79 Å². The Bertz CT molecular complexity index is 307. The van der Waals surface area contributed by atoms with E-state index in [4.69, 9.17) is 0 Å². The monoisotopic (exact) mass is 343 g/mol. The van der Waals surface area contributed by atoms with Crippen LogP contribution in [0.3, 0.4) is 0 Å². The molecule has 0 heterocycles. The van der Waals surface area contributed by atoms with Gasteiger partial charge < -0.3 is 5.32 Å². The van der Waals surface area contributed by atoms with Gasteiger partial charge in [0.25, 0.3) is 0 Å². The van der Waals surface area contributed by atoms with Gasteiger partial charge in [-0.2, -0.15) is 0 Å². The molecule has 0 aliphatic heterocycles. The van der Waals surface area contributed by atoms with Crippen LogP contribution in [0.1, 0.15) is 64.7 Å². The van der Waals surface area contributed by atoms with Gasteiger partial charge in [0.05, 0.1) is 0 Å². The Morgan fingerprint density at radius 2 is 1.95 bits per heavy atom. The molecule has 0 aromatic carbocycles. The van der Waals surface area contributed by atoms with Crippen LogP contribution in [0.25, 0.3) is 0 Å². The lowest BCUT2D eigenvalue weighted by Crippen LogP contribution is -2.37. The van der Waals surface area contributed by atoms with Gasteiger partial charge in [-0.05, 0) is 49.9 Å². The number of hydrogen-bond acceptors (Lipinski definition) is 1. The summed E-state index contributed by atoms with van der Waals surface area (Å²) in [6, 6.07) is 0. The van der Waals surface area contributed by atoms with Gasteiger partial charge in [0.2, 0.25) is 5.91 Å². The molecule has 1 amide bonds. The van der Waals surface area contributed by atoms with Crippen molar-refractivity contribution >= 4 is 21.8 Å². The van der Waals surface area contributed by atoms with E-state index in [0.29, 0.717) is 17.7 Å². The van der Waals surface area contributed by atoms with Gasteiger partial charge in [-0.25, -0.2) is 0 Å². The Labute approximate surface area is 132 Å². The van der Waals surface area contributed by atoms with E-state index in [1.807, 2.05) is 0 Å². The number of nitrogens with one attached hydrogen (secondary N) is 1. The standard InChI is InChI=1S/C17H30BrNO/c1-13(12-18)5-4-10-19-17(20)16-9-8-14-6-2-3-7-15(14)11-16/h13-16H,2-12H2,1H3,(H,19,20). The Morgan fingerprint density at radius 3 is 2.70 bits per heavy atom. The van der Waals surface area contributed by atoms with Gasteiger partial charge in [0, 0.05) is 17.8 Å². The second-order valence-electron chi connectivity index (χ2n) is 7.01. The predicted molar refractivity (Wildman–Crippen MR) is 88.0 cm³/mol. The zero-order valence-electron chi connectivity index (χ0n) is 12.9. The van der Waals surface area contributed by atoms with Crippen LogP contribution < -0.4 is 5.32 Å². The predicted octanol–water partition coefficient (Wildman–Crippen LogP) is 4.52. The van der Waals surface area contributed by atoms with Gasteiger partial charge in [-0.15, -0.1) is 0 Å². The van der Waals surface area contributed by atoms with Crippen molar-refractivity contribution in [3.05, 3.63) is 0 Å². The van der Waals surface area contributed by atoms with Crippen molar-refractivity contribution in [2.45, 2.75) is 64.7 Å². The quantitative estimate of drug-likeness (QED) is 0.557. The molecule has 2 aliphatic rings. The average Bonchev–Trinajstić information content (AvgIpc) is 2.50. The van der Waals surface area contributed by atoms with Crippen LogP contribution in [0.4, 0.5) is 0 Å². The third kappa shape index (κ3) is 4.75. The average molecular weight is 344 g/mol. The van der Waals surface area contributed by atoms with Crippen molar-refractivity contribution in [3.8, 4) is 0 Å². The van der Waals surface area contributed by atoms with E-state index in [2.05, 4.69) is 28.2 Å². The lowest BCUT2D eigenvalue weighted by Gasteiger charge is -2.38. The first-order valence-electron chi connectivity index (χ1n) is 8.54. The largest absolute Gasteiger partial charge is 0.356 e. The summed E-state index contributed by atoms with van der Waals surface area (Å²) >= 11 is 3.50. The summed E-state index contributed by atoms with van der Waals surface area (Å²) in [5, 5.41) is 4.24. The molecule has 0 aromatic rings. The molecule has 4 unspecified atom stereocenters. The van der Waals surface area contributed by atoms with Gasteiger partial charge in [-0.3, -0.25) is 4.79 Å². The zero-order chi connectivity index (χ0) is 14.4. The fourth-order valence-corrected chi connectivity index (χ4v) is 4.32. The molecule has 4 atom stereocenters. The smallest absolute Gasteiger partial charge is 0.223 e. The molecular weight excluding hydrogens is 314 g/mol. The first-order valence-corrected chi connectivity index (χ1v) is 9.66. The maximum Gasteiger partial charge on any atom is 0.223 e. The Balaban J connectivity index is 1.65. The van der Waals surface area contributed by atoms with Crippen LogP contribution in [0, 0.1) is 23.7 Å². The fraction of sp³-hybridized carbons (Fsp3) is 0.941. The molecule has 3 heteroatoms. The van der Waals surface area contributed by atoms with Crippen molar-refractivity contribution in [2.24, 2.45) is 23.7 Å². The molecule has 2 nitrogen and oxygen atoms in total. The molecule has 0 bridgehead atoms. The van der Waals surface area contributed by atoms with Crippen molar-refractivity contribution in [3.63, 3.8) is 0 Å². The fourth-order valence-electron chi connectivity index (χ4n) is 4.00. The molecular formula is C17H30BrNO. The first-order chi connectivity index (χ1) is 9.70. The molecule has 0 radical (unpaired) electrons. The maximum absolute atomic E-state index is 12.3. The van der Waals surface area contributed by atoms with Crippen LogP contribution in [-0.4, -0.2) is 17.8 Å². The molecule has 0 spiro atoms. The van der Waals surface area contributed by atoms with Crippen LogP contribution in [0.5, 0.6) is 0 Å². The highest BCUT2D eigenvalue weighted by atomic mass is 79.9. The van der Waals surface area contributed by atoms with Gasteiger partial charge >= 0.3 is 0 Å². The lowest BCUT2D eigenvalue weighted by atomic mass is 9.67. The van der Waals surface area contributed by atoms with Crippen molar-refractivity contribution in [2.75, 3.05) is 11.9 Å². The lowest BCUT2D eigenvalue weighted by molar-refractivity contribution is -0.127. The van der Waals surface area contributed by atoms with Gasteiger partial charge in [0.1, 0.15) is 0 Å². The molecule has 2 aliphatic carbocycles. The van der Waals surface area contributed by atoms with Crippen molar-refractivity contribution in [1.29, 1.82) is 0 Å². The molecule has 20 heavy (non-hydrogen) atoms. The maximum atomic E-state index is 12.3. The SMILES string of the molecule is CC(CBr)CCCNC(=O)C1CCC2CCCCC2C1. The molecule has 116 valence electrons. The van der Waals surface area contributed by atoms with E-state index in [1.54, 1.807) is 0 Å². The van der Waals surface area contributed by atoms with Crippen LogP contribution in [0.2, 0.25) is 0 Å². The van der Waals surface area contributed by atoms with Crippen molar-refractivity contribution < 1.29 is 4.79 Å². The second-order valence-corrected chi connectivity index (χ2v) is 7.65. The number of rotatable bonds is 6. The highest BCUT2D eigenvalue weighted by Crippen LogP contribution is 2.42. The minimum absolute atomic E-state index is 0.308. The Hall–Kier alpha value is -0.0500. The van der Waals surface area contributed by atoms with E-state index < -0.39 is 0 Å². The van der Waals surface area contributed by atoms with Gasteiger partial charge in [0.15, 0.2) is 0 Å². The van der Waals surface area contributed by atoms with E-state index >= 15 is 0 Å². The number of alkyl halides is 1. The molecule has 0 saturated heterocycles. The summed E-state index contributed by atoms with van der Waals surface area (Å²) in [6.45, 7) is 3.11. The zero-order valence-corrected chi connectivity index (χ0v) is 14.5. The highest BCUT2D eigenvalue weighted by Gasteiger charge is 2.34. The van der Waals surface area contributed by atoms with Crippen LogP contribution in [-0.2, 0) is 4.79 Å². The molecule has 2 saturated carbocycles.